The number of benzene rings is 2. The maximum Gasteiger partial charge on any atom is 0.0211 e. The molecule has 2 aromatic rings. The predicted molar refractivity (Wildman–Crippen MR) is 99.0 cm³/mol. The smallest absolute Gasteiger partial charge is 0.0211 e. The van der Waals surface area contributed by atoms with E-state index >= 15 is 0 Å². The summed E-state index contributed by atoms with van der Waals surface area (Å²) in [5.41, 5.74) is 2.60. The van der Waals surface area contributed by atoms with E-state index in [4.69, 9.17) is 0 Å². The summed E-state index contributed by atoms with van der Waals surface area (Å²) in [4.78, 5) is 5.42. The molecule has 0 atom stereocenters. The van der Waals surface area contributed by atoms with Crippen LogP contribution in [-0.2, 0) is 0 Å². The van der Waals surface area contributed by atoms with Gasteiger partial charge in [0.2, 0.25) is 0 Å². The topological polar surface area (TPSA) is 0 Å². The van der Waals surface area contributed by atoms with Gasteiger partial charge in [0.15, 0.2) is 0 Å². The second-order valence-electron chi connectivity index (χ2n) is 4.14. The van der Waals surface area contributed by atoms with E-state index in [0.717, 1.165) is 0 Å². The van der Waals surface area contributed by atoms with Crippen LogP contribution in [-0.4, -0.2) is 25.0 Å². The van der Waals surface area contributed by atoms with Gasteiger partial charge < -0.3 is 0 Å². The Morgan fingerprint density at radius 2 is 0.850 bits per heavy atom. The van der Waals surface area contributed by atoms with Crippen LogP contribution in [0.25, 0.3) is 11.1 Å². The zero-order chi connectivity index (χ0) is 14.5. The second-order valence-corrected chi connectivity index (χ2v) is 7.53. The highest BCUT2D eigenvalue weighted by atomic mass is 32.2. The highest BCUT2D eigenvalue weighted by molar-refractivity contribution is 8.02. The van der Waals surface area contributed by atoms with Crippen molar-refractivity contribution in [1.82, 2.24) is 0 Å². The average molecular weight is 339 g/mol. The van der Waals surface area contributed by atoms with E-state index in [2.05, 4.69) is 61.4 Å². The fourth-order valence-corrected chi connectivity index (χ4v) is 4.99. The lowest BCUT2D eigenvalue weighted by Crippen LogP contribution is -1.84. The second kappa shape index (κ2) is 7.74. The zero-order valence-electron chi connectivity index (χ0n) is 12.1. The molecule has 0 N–H and O–H groups in total. The molecule has 2 rings (SSSR count). The van der Waals surface area contributed by atoms with E-state index in [1.807, 2.05) is 47.0 Å². The first-order valence-electron chi connectivity index (χ1n) is 6.18. The average Bonchev–Trinajstić information content (AvgIpc) is 2.53. The van der Waals surface area contributed by atoms with Gasteiger partial charge in [-0.15, -0.1) is 47.0 Å². The summed E-state index contributed by atoms with van der Waals surface area (Å²) in [6, 6.07) is 13.5. The Balaban J connectivity index is 2.46. The molecule has 0 aromatic heterocycles. The van der Waals surface area contributed by atoms with Crippen LogP contribution in [0.4, 0.5) is 0 Å². The molecule has 0 aliphatic carbocycles. The minimum atomic E-state index is 1.30. The molecule has 0 aliphatic rings. The van der Waals surface area contributed by atoms with Crippen molar-refractivity contribution < 1.29 is 0 Å². The Morgan fingerprint density at radius 1 is 0.500 bits per heavy atom. The molecule has 0 fully saturated rings. The Hall–Kier alpha value is -0.160. The normalized spacial score (nSPS) is 10.8. The van der Waals surface area contributed by atoms with Gasteiger partial charge in [-0.3, -0.25) is 0 Å². The van der Waals surface area contributed by atoms with Gasteiger partial charge in [-0.25, -0.2) is 0 Å². The van der Waals surface area contributed by atoms with E-state index in [-0.39, 0.29) is 0 Å². The lowest BCUT2D eigenvalue weighted by Gasteiger charge is -2.11. The highest BCUT2D eigenvalue weighted by Crippen LogP contribution is 2.36. The fraction of sp³-hybridized carbons (Fsp3) is 0.250. The van der Waals surface area contributed by atoms with Crippen molar-refractivity contribution in [2.75, 3.05) is 25.0 Å². The standard InChI is InChI=1S/C16H18S4/c1-17-13-7-5-11(9-15(13)19-3)12-6-8-14(18-2)16(10-12)20-4/h5-10H,1-4H3. The summed E-state index contributed by atoms with van der Waals surface area (Å²) < 4.78 is 0. The van der Waals surface area contributed by atoms with Crippen LogP contribution < -0.4 is 0 Å². The first kappa shape index (κ1) is 16.2. The van der Waals surface area contributed by atoms with Gasteiger partial charge in [0.1, 0.15) is 0 Å². The van der Waals surface area contributed by atoms with Crippen LogP contribution in [0.15, 0.2) is 56.0 Å². The Labute approximate surface area is 138 Å². The lowest BCUT2D eigenvalue weighted by atomic mass is 10.1. The molecule has 20 heavy (non-hydrogen) atoms. The van der Waals surface area contributed by atoms with Gasteiger partial charge in [-0.05, 0) is 60.4 Å². The minimum absolute atomic E-state index is 1.30. The molecule has 0 bridgehead atoms. The quantitative estimate of drug-likeness (QED) is 0.591. The molecule has 2 aromatic carbocycles. The molecular weight excluding hydrogens is 320 g/mol. The Morgan fingerprint density at radius 3 is 1.15 bits per heavy atom. The van der Waals surface area contributed by atoms with E-state index in [1.54, 1.807) is 0 Å². The molecule has 0 saturated carbocycles. The molecule has 0 nitrogen and oxygen atoms in total. The summed E-state index contributed by atoms with van der Waals surface area (Å²) in [5.74, 6) is 0. The van der Waals surface area contributed by atoms with Crippen LogP contribution in [0.1, 0.15) is 0 Å². The Kier molecular flexibility index (Phi) is 6.27. The molecular formula is C16H18S4. The van der Waals surface area contributed by atoms with Crippen molar-refractivity contribution in [1.29, 1.82) is 0 Å². The van der Waals surface area contributed by atoms with Gasteiger partial charge in [0.25, 0.3) is 0 Å². The van der Waals surface area contributed by atoms with E-state index < -0.39 is 0 Å². The maximum absolute atomic E-state index is 2.30. The molecule has 0 saturated heterocycles. The van der Waals surface area contributed by atoms with Gasteiger partial charge in [0, 0.05) is 19.6 Å². The minimum Gasteiger partial charge on any atom is -0.128 e. The lowest BCUT2D eigenvalue weighted by molar-refractivity contribution is 1.23. The van der Waals surface area contributed by atoms with Crippen molar-refractivity contribution in [2.45, 2.75) is 19.6 Å². The maximum atomic E-state index is 2.30. The molecule has 4 heteroatoms. The third kappa shape index (κ3) is 3.53. The SMILES string of the molecule is CSc1ccc(-c2ccc(SC)c(SC)c2)cc1SC. The van der Waals surface area contributed by atoms with Gasteiger partial charge in [0.05, 0.1) is 0 Å². The molecule has 0 unspecified atom stereocenters. The summed E-state index contributed by atoms with van der Waals surface area (Å²) >= 11 is 7.25. The fourth-order valence-electron chi connectivity index (χ4n) is 2.03. The zero-order valence-corrected chi connectivity index (χ0v) is 15.4. The summed E-state index contributed by atoms with van der Waals surface area (Å²) in [6.07, 6.45) is 8.55. The molecule has 0 aliphatic heterocycles. The largest absolute Gasteiger partial charge is 0.128 e. The first-order chi connectivity index (χ1) is 9.73. The van der Waals surface area contributed by atoms with E-state index in [0.29, 0.717) is 0 Å². The number of rotatable bonds is 5. The third-order valence-corrected chi connectivity index (χ3v) is 6.51. The number of thioether (sulfide) groups is 4. The molecule has 0 radical (unpaired) electrons. The third-order valence-electron chi connectivity index (χ3n) is 3.10. The van der Waals surface area contributed by atoms with E-state index in [1.165, 1.54) is 30.7 Å². The van der Waals surface area contributed by atoms with Crippen LogP contribution in [0.5, 0.6) is 0 Å². The summed E-state index contributed by atoms with van der Waals surface area (Å²) in [6.45, 7) is 0. The van der Waals surface area contributed by atoms with Gasteiger partial charge in [-0.2, -0.15) is 0 Å². The molecule has 0 amide bonds. The van der Waals surface area contributed by atoms with Crippen molar-refractivity contribution >= 4 is 47.0 Å². The molecule has 0 spiro atoms. The first-order valence-corrected chi connectivity index (χ1v) is 11.1. The van der Waals surface area contributed by atoms with Crippen molar-refractivity contribution in [3.05, 3.63) is 36.4 Å². The van der Waals surface area contributed by atoms with Crippen molar-refractivity contribution in [3.8, 4) is 11.1 Å². The van der Waals surface area contributed by atoms with Crippen LogP contribution >= 0.6 is 47.0 Å². The molecule has 106 valence electrons. The molecule has 0 heterocycles. The van der Waals surface area contributed by atoms with Gasteiger partial charge >= 0.3 is 0 Å². The summed E-state index contributed by atoms with van der Waals surface area (Å²) in [7, 11) is 0. The highest BCUT2D eigenvalue weighted by Gasteiger charge is 2.07. The predicted octanol–water partition coefficient (Wildman–Crippen LogP) is 6.24. The summed E-state index contributed by atoms with van der Waals surface area (Å²) in [5, 5.41) is 0. The van der Waals surface area contributed by atoms with Crippen molar-refractivity contribution in [3.63, 3.8) is 0 Å². The monoisotopic (exact) mass is 338 g/mol. The van der Waals surface area contributed by atoms with Crippen molar-refractivity contribution in [2.24, 2.45) is 0 Å². The van der Waals surface area contributed by atoms with E-state index in [9.17, 15) is 0 Å². The number of hydrogen-bond donors (Lipinski definition) is 0. The number of hydrogen-bond acceptors (Lipinski definition) is 4. The van der Waals surface area contributed by atoms with Crippen LogP contribution in [0, 0.1) is 0 Å². The Bertz CT molecular complexity index is 540. The van der Waals surface area contributed by atoms with Gasteiger partial charge in [-0.1, -0.05) is 12.1 Å². The van der Waals surface area contributed by atoms with Crippen LogP contribution in [0.2, 0.25) is 0 Å². The van der Waals surface area contributed by atoms with Crippen LogP contribution in [0.3, 0.4) is 0 Å².